The van der Waals surface area contributed by atoms with E-state index in [1.807, 2.05) is 31.3 Å². The van der Waals surface area contributed by atoms with Gasteiger partial charge in [0.05, 0.1) is 0 Å². The molecule has 2 rings (SSSR count). The van der Waals surface area contributed by atoms with E-state index in [1.165, 1.54) is 0 Å². The lowest BCUT2D eigenvalue weighted by molar-refractivity contribution is 1.08. The Morgan fingerprint density at radius 3 is 2.81 bits per heavy atom. The molecule has 0 fully saturated rings. The maximum Gasteiger partial charge on any atom is 0.125 e. The van der Waals surface area contributed by atoms with E-state index in [0.717, 1.165) is 23.5 Å². The third kappa shape index (κ3) is 2.70. The van der Waals surface area contributed by atoms with Crippen LogP contribution in [0.4, 0.5) is 11.5 Å². The average Bonchev–Trinajstić information content (AvgIpc) is 2.28. The molecule has 0 aliphatic carbocycles. The number of aromatic nitrogens is 2. The molecule has 82 valence electrons. The van der Waals surface area contributed by atoms with Crippen LogP contribution in [0.2, 0.25) is 0 Å². The van der Waals surface area contributed by atoms with Gasteiger partial charge in [0.1, 0.15) is 5.82 Å². The van der Waals surface area contributed by atoms with Crippen molar-refractivity contribution < 1.29 is 0 Å². The predicted octanol–water partition coefficient (Wildman–Crippen LogP) is 1.98. The van der Waals surface area contributed by atoms with Crippen molar-refractivity contribution in [2.24, 2.45) is 0 Å². The smallest absolute Gasteiger partial charge is 0.125 e. The predicted molar refractivity (Wildman–Crippen MR) is 65.0 cm³/mol. The zero-order chi connectivity index (χ0) is 11.4. The van der Waals surface area contributed by atoms with Crippen molar-refractivity contribution in [3.63, 3.8) is 0 Å². The first kappa shape index (κ1) is 10.4. The molecule has 0 unspecified atom stereocenters. The summed E-state index contributed by atoms with van der Waals surface area (Å²) in [5.74, 6) is 0.520. The Kier molecular flexibility index (Phi) is 3.00. The highest BCUT2D eigenvalue weighted by Gasteiger charge is 1.95. The standard InChI is InChI=1S/C12H14N4/c1-9-2-3-10(7-15-9)8-16-11-4-5-14-12(13)6-11/h2-7H,8H2,1H3,(H3,13,14,16). The van der Waals surface area contributed by atoms with E-state index in [2.05, 4.69) is 21.4 Å². The molecule has 0 bridgehead atoms. The maximum absolute atomic E-state index is 5.58. The quantitative estimate of drug-likeness (QED) is 0.820. The van der Waals surface area contributed by atoms with Gasteiger partial charge in [-0.15, -0.1) is 0 Å². The van der Waals surface area contributed by atoms with Gasteiger partial charge in [0.15, 0.2) is 0 Å². The Hall–Kier alpha value is -2.10. The third-order valence-corrected chi connectivity index (χ3v) is 2.25. The van der Waals surface area contributed by atoms with Gasteiger partial charge in [0.25, 0.3) is 0 Å². The first-order chi connectivity index (χ1) is 7.74. The molecule has 4 nitrogen and oxygen atoms in total. The molecule has 2 aromatic heterocycles. The molecule has 3 N–H and O–H groups in total. The van der Waals surface area contributed by atoms with Gasteiger partial charge in [0, 0.05) is 36.4 Å². The number of rotatable bonds is 3. The van der Waals surface area contributed by atoms with Crippen LogP contribution in [-0.2, 0) is 6.54 Å². The van der Waals surface area contributed by atoms with Crippen molar-refractivity contribution in [3.8, 4) is 0 Å². The van der Waals surface area contributed by atoms with Gasteiger partial charge < -0.3 is 11.1 Å². The van der Waals surface area contributed by atoms with Gasteiger partial charge in [-0.1, -0.05) is 6.07 Å². The number of pyridine rings is 2. The molecule has 2 heterocycles. The Morgan fingerprint density at radius 1 is 1.25 bits per heavy atom. The van der Waals surface area contributed by atoms with E-state index < -0.39 is 0 Å². The normalized spacial score (nSPS) is 10.1. The van der Waals surface area contributed by atoms with Crippen LogP contribution in [-0.4, -0.2) is 9.97 Å². The van der Waals surface area contributed by atoms with Crippen LogP contribution in [0.5, 0.6) is 0 Å². The Bertz CT molecular complexity index is 465. The van der Waals surface area contributed by atoms with Gasteiger partial charge in [0.2, 0.25) is 0 Å². The Balaban J connectivity index is 1.99. The van der Waals surface area contributed by atoms with Crippen LogP contribution in [0.1, 0.15) is 11.3 Å². The number of aryl methyl sites for hydroxylation is 1. The first-order valence-corrected chi connectivity index (χ1v) is 5.11. The summed E-state index contributed by atoms with van der Waals surface area (Å²) in [4.78, 5) is 8.16. The van der Waals surface area contributed by atoms with Gasteiger partial charge >= 0.3 is 0 Å². The summed E-state index contributed by atoms with van der Waals surface area (Å²) in [6.45, 7) is 2.71. The Labute approximate surface area is 94.5 Å². The van der Waals surface area contributed by atoms with E-state index >= 15 is 0 Å². The maximum atomic E-state index is 5.58. The monoisotopic (exact) mass is 214 g/mol. The zero-order valence-electron chi connectivity index (χ0n) is 9.14. The van der Waals surface area contributed by atoms with E-state index in [4.69, 9.17) is 5.73 Å². The second kappa shape index (κ2) is 4.61. The minimum absolute atomic E-state index is 0.520. The summed E-state index contributed by atoms with van der Waals surface area (Å²) in [6, 6.07) is 7.75. The molecule has 0 saturated carbocycles. The van der Waals surface area contributed by atoms with Crippen LogP contribution in [0.3, 0.4) is 0 Å². The SMILES string of the molecule is Cc1ccc(CNc2ccnc(N)c2)cn1. The van der Waals surface area contributed by atoms with E-state index in [0.29, 0.717) is 5.82 Å². The molecule has 0 amide bonds. The molecular weight excluding hydrogens is 200 g/mol. The molecule has 0 radical (unpaired) electrons. The molecular formula is C12H14N4. The highest BCUT2D eigenvalue weighted by atomic mass is 14.9. The van der Waals surface area contributed by atoms with Crippen molar-refractivity contribution in [2.45, 2.75) is 13.5 Å². The average molecular weight is 214 g/mol. The van der Waals surface area contributed by atoms with E-state index in [9.17, 15) is 0 Å². The minimum atomic E-state index is 0.520. The van der Waals surface area contributed by atoms with Crippen molar-refractivity contribution in [3.05, 3.63) is 47.9 Å². The van der Waals surface area contributed by atoms with Crippen LogP contribution in [0.25, 0.3) is 0 Å². The molecule has 0 spiro atoms. The lowest BCUT2D eigenvalue weighted by Crippen LogP contribution is -2.01. The van der Waals surface area contributed by atoms with Crippen LogP contribution >= 0.6 is 0 Å². The summed E-state index contributed by atoms with van der Waals surface area (Å²) in [6.07, 6.45) is 3.55. The second-order valence-corrected chi connectivity index (χ2v) is 3.63. The number of nitrogen functional groups attached to an aromatic ring is 1. The largest absolute Gasteiger partial charge is 0.384 e. The highest BCUT2D eigenvalue weighted by molar-refractivity contribution is 5.49. The molecule has 0 aromatic carbocycles. The summed E-state index contributed by atoms with van der Waals surface area (Å²) in [5.41, 5.74) is 8.71. The lowest BCUT2D eigenvalue weighted by Gasteiger charge is -2.06. The van der Waals surface area contributed by atoms with Crippen molar-refractivity contribution in [1.82, 2.24) is 9.97 Å². The molecule has 4 heteroatoms. The lowest BCUT2D eigenvalue weighted by atomic mass is 10.2. The van der Waals surface area contributed by atoms with Crippen molar-refractivity contribution in [2.75, 3.05) is 11.1 Å². The fourth-order valence-electron chi connectivity index (χ4n) is 1.37. The highest BCUT2D eigenvalue weighted by Crippen LogP contribution is 2.10. The summed E-state index contributed by atoms with van der Waals surface area (Å²) < 4.78 is 0. The van der Waals surface area contributed by atoms with Crippen LogP contribution in [0, 0.1) is 6.92 Å². The third-order valence-electron chi connectivity index (χ3n) is 2.25. The summed E-state index contributed by atoms with van der Waals surface area (Å²) in [7, 11) is 0. The van der Waals surface area contributed by atoms with Gasteiger partial charge in [-0.3, -0.25) is 4.98 Å². The Morgan fingerprint density at radius 2 is 2.12 bits per heavy atom. The number of nitrogens with zero attached hydrogens (tertiary/aromatic N) is 2. The van der Waals surface area contributed by atoms with E-state index in [1.54, 1.807) is 6.20 Å². The molecule has 0 aliphatic rings. The van der Waals surface area contributed by atoms with Crippen LogP contribution in [0.15, 0.2) is 36.7 Å². The molecule has 0 saturated heterocycles. The zero-order valence-corrected chi connectivity index (χ0v) is 9.14. The molecule has 0 aliphatic heterocycles. The number of hydrogen-bond donors (Lipinski definition) is 2. The summed E-state index contributed by atoms with van der Waals surface area (Å²) >= 11 is 0. The minimum Gasteiger partial charge on any atom is -0.384 e. The van der Waals surface area contributed by atoms with E-state index in [-0.39, 0.29) is 0 Å². The molecule has 0 atom stereocenters. The fraction of sp³-hybridized carbons (Fsp3) is 0.167. The number of nitrogens with two attached hydrogens (primary N) is 1. The number of anilines is 2. The first-order valence-electron chi connectivity index (χ1n) is 5.11. The van der Waals surface area contributed by atoms with Gasteiger partial charge in [-0.25, -0.2) is 4.98 Å². The number of hydrogen-bond acceptors (Lipinski definition) is 4. The summed E-state index contributed by atoms with van der Waals surface area (Å²) in [5, 5.41) is 3.26. The fourth-order valence-corrected chi connectivity index (χ4v) is 1.37. The second-order valence-electron chi connectivity index (χ2n) is 3.63. The van der Waals surface area contributed by atoms with Crippen molar-refractivity contribution in [1.29, 1.82) is 0 Å². The van der Waals surface area contributed by atoms with Gasteiger partial charge in [-0.05, 0) is 24.6 Å². The molecule has 2 aromatic rings. The molecule has 16 heavy (non-hydrogen) atoms. The topological polar surface area (TPSA) is 63.8 Å². The number of nitrogens with one attached hydrogen (secondary N) is 1. The van der Waals surface area contributed by atoms with Crippen LogP contribution < -0.4 is 11.1 Å². The van der Waals surface area contributed by atoms with Crippen molar-refractivity contribution >= 4 is 11.5 Å². The van der Waals surface area contributed by atoms with Gasteiger partial charge in [-0.2, -0.15) is 0 Å².